The molecule has 0 aliphatic rings. The molecule has 14 heavy (non-hydrogen) atoms. The van der Waals surface area contributed by atoms with E-state index in [9.17, 15) is 0 Å². The molecular weight excluding hydrogens is 240 g/mol. The van der Waals surface area contributed by atoms with Crippen LogP contribution in [0.1, 0.15) is 0 Å². The highest BCUT2D eigenvalue weighted by Crippen LogP contribution is 2.26. The van der Waals surface area contributed by atoms with E-state index in [2.05, 4.69) is 20.2 Å². The number of halogens is 1. The Labute approximate surface area is 93.8 Å². The summed E-state index contributed by atoms with van der Waals surface area (Å²) in [5.74, 6) is 0. The molecule has 0 unspecified atom stereocenters. The van der Waals surface area contributed by atoms with Gasteiger partial charge in [0.25, 0.3) is 0 Å². The second-order valence-corrected chi connectivity index (χ2v) is 4.72. The maximum Gasteiger partial charge on any atom is 0.174 e. The lowest BCUT2D eigenvalue weighted by atomic mass is 10.5. The summed E-state index contributed by atoms with van der Waals surface area (Å²) in [7, 11) is 0. The maximum absolute atomic E-state index is 5.71. The van der Waals surface area contributed by atoms with Crippen molar-refractivity contribution in [1.29, 1.82) is 0 Å². The third-order valence-electron chi connectivity index (χ3n) is 1.41. The standard InChI is InChI=1S/C7H5ClN4S2/c1-13-7-12-11-6(14-7)4-2-9-3-5(8)10-4/h2-3H,1H3. The summed E-state index contributed by atoms with van der Waals surface area (Å²) >= 11 is 8.74. The molecule has 0 saturated carbocycles. The van der Waals surface area contributed by atoms with Crippen molar-refractivity contribution in [2.24, 2.45) is 0 Å². The molecule has 7 heteroatoms. The Morgan fingerprint density at radius 1 is 1.36 bits per heavy atom. The van der Waals surface area contributed by atoms with Gasteiger partial charge in [0.15, 0.2) is 9.35 Å². The highest BCUT2D eigenvalue weighted by atomic mass is 35.5. The molecule has 0 atom stereocenters. The van der Waals surface area contributed by atoms with Gasteiger partial charge in [-0.1, -0.05) is 34.7 Å². The molecule has 0 fully saturated rings. The van der Waals surface area contributed by atoms with Gasteiger partial charge in [0.1, 0.15) is 10.8 Å². The summed E-state index contributed by atoms with van der Waals surface area (Å²) in [5, 5.41) is 9.05. The molecule has 0 amide bonds. The maximum atomic E-state index is 5.71. The number of hydrogen-bond donors (Lipinski definition) is 0. The van der Waals surface area contributed by atoms with Crippen molar-refractivity contribution in [3.8, 4) is 10.7 Å². The SMILES string of the molecule is CSc1nnc(-c2cncc(Cl)n2)s1. The molecule has 72 valence electrons. The van der Waals surface area contributed by atoms with Gasteiger partial charge < -0.3 is 0 Å². The third kappa shape index (κ3) is 2.02. The topological polar surface area (TPSA) is 51.6 Å². The molecule has 0 aromatic carbocycles. The van der Waals surface area contributed by atoms with Crippen LogP contribution in [0.4, 0.5) is 0 Å². The largest absolute Gasteiger partial charge is 0.259 e. The number of nitrogens with zero attached hydrogens (tertiary/aromatic N) is 4. The molecule has 0 N–H and O–H groups in total. The minimum Gasteiger partial charge on any atom is -0.259 e. The fourth-order valence-electron chi connectivity index (χ4n) is 0.841. The van der Waals surface area contributed by atoms with E-state index in [1.54, 1.807) is 18.0 Å². The first kappa shape index (κ1) is 9.82. The monoisotopic (exact) mass is 244 g/mol. The van der Waals surface area contributed by atoms with E-state index in [0.29, 0.717) is 10.8 Å². The van der Waals surface area contributed by atoms with Crippen molar-refractivity contribution < 1.29 is 0 Å². The van der Waals surface area contributed by atoms with Crippen molar-refractivity contribution in [2.45, 2.75) is 4.34 Å². The molecule has 2 aromatic rings. The average molecular weight is 245 g/mol. The lowest BCUT2D eigenvalue weighted by molar-refractivity contribution is 1.01. The van der Waals surface area contributed by atoms with Crippen molar-refractivity contribution >= 4 is 34.7 Å². The van der Waals surface area contributed by atoms with Gasteiger partial charge in [0, 0.05) is 0 Å². The van der Waals surface area contributed by atoms with E-state index in [4.69, 9.17) is 11.6 Å². The Morgan fingerprint density at radius 2 is 2.21 bits per heavy atom. The number of thioether (sulfide) groups is 1. The van der Waals surface area contributed by atoms with E-state index in [1.807, 2.05) is 6.26 Å². The smallest absolute Gasteiger partial charge is 0.174 e. The highest BCUT2D eigenvalue weighted by Gasteiger charge is 2.07. The minimum absolute atomic E-state index is 0.364. The van der Waals surface area contributed by atoms with E-state index in [0.717, 1.165) is 9.35 Å². The van der Waals surface area contributed by atoms with E-state index in [-0.39, 0.29) is 0 Å². The van der Waals surface area contributed by atoms with Crippen LogP contribution in [-0.2, 0) is 0 Å². The predicted molar refractivity (Wildman–Crippen MR) is 57.7 cm³/mol. The molecule has 2 aromatic heterocycles. The van der Waals surface area contributed by atoms with Gasteiger partial charge in [-0.25, -0.2) is 4.98 Å². The third-order valence-corrected chi connectivity index (χ3v) is 3.51. The number of aromatic nitrogens is 4. The first-order chi connectivity index (χ1) is 6.79. The zero-order valence-corrected chi connectivity index (χ0v) is 9.53. The Hall–Kier alpha value is -0.720. The summed E-state index contributed by atoms with van der Waals surface area (Å²) in [6.07, 6.45) is 5.06. The first-order valence-corrected chi connectivity index (χ1v) is 6.07. The molecular formula is C7H5ClN4S2. The molecule has 2 heterocycles. The predicted octanol–water partition coefficient (Wildman–Crippen LogP) is 2.37. The van der Waals surface area contributed by atoms with Gasteiger partial charge in [-0.05, 0) is 6.26 Å². The van der Waals surface area contributed by atoms with Crippen LogP contribution in [0.15, 0.2) is 16.7 Å². The van der Waals surface area contributed by atoms with Gasteiger partial charge in [-0.15, -0.1) is 10.2 Å². The van der Waals surface area contributed by atoms with E-state index < -0.39 is 0 Å². The zero-order chi connectivity index (χ0) is 9.97. The lowest BCUT2D eigenvalue weighted by Gasteiger charge is -1.92. The second kappa shape index (κ2) is 4.20. The minimum atomic E-state index is 0.364. The summed E-state index contributed by atoms with van der Waals surface area (Å²) in [6.45, 7) is 0. The molecule has 0 saturated heterocycles. The van der Waals surface area contributed by atoms with Gasteiger partial charge in [-0.2, -0.15) is 0 Å². The molecule has 0 radical (unpaired) electrons. The van der Waals surface area contributed by atoms with Crippen LogP contribution in [0.25, 0.3) is 10.7 Å². The molecule has 0 aliphatic heterocycles. The lowest BCUT2D eigenvalue weighted by Crippen LogP contribution is -1.85. The van der Waals surface area contributed by atoms with Crippen LogP contribution < -0.4 is 0 Å². The van der Waals surface area contributed by atoms with Crippen molar-refractivity contribution in [3.05, 3.63) is 17.5 Å². The molecule has 0 aliphatic carbocycles. The quantitative estimate of drug-likeness (QED) is 0.760. The normalized spacial score (nSPS) is 10.4. The fraction of sp³-hybridized carbons (Fsp3) is 0.143. The highest BCUT2D eigenvalue weighted by molar-refractivity contribution is 8.00. The van der Waals surface area contributed by atoms with Crippen LogP contribution in [0.3, 0.4) is 0 Å². The summed E-state index contributed by atoms with van der Waals surface area (Å²) in [6, 6.07) is 0. The van der Waals surface area contributed by atoms with Crippen LogP contribution in [0.2, 0.25) is 5.15 Å². The number of rotatable bonds is 2. The van der Waals surface area contributed by atoms with Crippen molar-refractivity contribution in [3.63, 3.8) is 0 Å². The average Bonchev–Trinajstić information content (AvgIpc) is 2.66. The van der Waals surface area contributed by atoms with Crippen molar-refractivity contribution in [2.75, 3.05) is 6.26 Å². The summed E-state index contributed by atoms with van der Waals surface area (Å²) in [4.78, 5) is 8.03. The summed E-state index contributed by atoms with van der Waals surface area (Å²) in [5.41, 5.74) is 0.662. The second-order valence-electron chi connectivity index (χ2n) is 2.30. The van der Waals surface area contributed by atoms with Crippen LogP contribution >= 0.6 is 34.7 Å². The summed E-state index contributed by atoms with van der Waals surface area (Å²) < 4.78 is 0.904. The van der Waals surface area contributed by atoms with Gasteiger partial charge in [0.2, 0.25) is 0 Å². The molecule has 0 bridgehead atoms. The van der Waals surface area contributed by atoms with Crippen LogP contribution in [0.5, 0.6) is 0 Å². The molecule has 0 spiro atoms. The van der Waals surface area contributed by atoms with E-state index in [1.165, 1.54) is 17.5 Å². The number of hydrogen-bond acceptors (Lipinski definition) is 6. The molecule has 4 nitrogen and oxygen atoms in total. The Balaban J connectivity index is 2.39. The van der Waals surface area contributed by atoms with Gasteiger partial charge >= 0.3 is 0 Å². The van der Waals surface area contributed by atoms with E-state index >= 15 is 0 Å². The zero-order valence-electron chi connectivity index (χ0n) is 7.14. The van der Waals surface area contributed by atoms with Crippen LogP contribution in [0, 0.1) is 0 Å². The Kier molecular flexibility index (Phi) is 2.95. The first-order valence-electron chi connectivity index (χ1n) is 3.65. The Bertz CT molecular complexity index is 445. The Morgan fingerprint density at radius 3 is 2.86 bits per heavy atom. The van der Waals surface area contributed by atoms with Gasteiger partial charge in [-0.3, -0.25) is 4.98 Å². The van der Waals surface area contributed by atoms with Crippen molar-refractivity contribution in [1.82, 2.24) is 20.2 Å². The van der Waals surface area contributed by atoms with Gasteiger partial charge in [0.05, 0.1) is 12.4 Å². The molecule has 2 rings (SSSR count). The van der Waals surface area contributed by atoms with Crippen LogP contribution in [-0.4, -0.2) is 26.4 Å². The fourth-order valence-corrected chi connectivity index (χ4v) is 2.21.